The molecule has 0 atom stereocenters. The SMILES string of the molecule is O=C1CCNC2=C1CCc1nc[nH]c12. The van der Waals surface area contributed by atoms with Crippen LogP contribution in [0.4, 0.5) is 0 Å². The summed E-state index contributed by atoms with van der Waals surface area (Å²) in [4.78, 5) is 19.0. The predicted octanol–water partition coefficient (Wildman–Crippen LogP) is 0.629. The molecule has 1 aliphatic heterocycles. The first-order valence-corrected chi connectivity index (χ1v) is 4.89. The van der Waals surface area contributed by atoms with Gasteiger partial charge in [0.25, 0.3) is 0 Å². The maximum Gasteiger partial charge on any atom is 0.162 e. The Morgan fingerprint density at radius 2 is 2.21 bits per heavy atom. The molecule has 2 heterocycles. The van der Waals surface area contributed by atoms with Gasteiger partial charge in [-0.3, -0.25) is 4.79 Å². The zero-order chi connectivity index (χ0) is 9.54. The van der Waals surface area contributed by atoms with Gasteiger partial charge in [0.15, 0.2) is 5.78 Å². The number of aromatic nitrogens is 2. The Balaban J connectivity index is 2.17. The van der Waals surface area contributed by atoms with Crippen LogP contribution >= 0.6 is 0 Å². The van der Waals surface area contributed by atoms with E-state index in [0.29, 0.717) is 12.2 Å². The summed E-state index contributed by atoms with van der Waals surface area (Å²) in [7, 11) is 0. The van der Waals surface area contributed by atoms with Gasteiger partial charge in [0.1, 0.15) is 0 Å². The normalized spacial score (nSPS) is 20.1. The van der Waals surface area contributed by atoms with Gasteiger partial charge in [-0.25, -0.2) is 4.98 Å². The van der Waals surface area contributed by atoms with Gasteiger partial charge in [0.2, 0.25) is 0 Å². The van der Waals surface area contributed by atoms with E-state index in [2.05, 4.69) is 15.3 Å². The van der Waals surface area contributed by atoms with Gasteiger partial charge >= 0.3 is 0 Å². The number of ketones is 1. The average molecular weight is 189 g/mol. The van der Waals surface area contributed by atoms with Crippen LogP contribution in [0.5, 0.6) is 0 Å². The first-order valence-electron chi connectivity index (χ1n) is 4.89. The molecule has 1 aliphatic carbocycles. The molecule has 0 saturated heterocycles. The number of imidazole rings is 1. The van der Waals surface area contributed by atoms with E-state index >= 15 is 0 Å². The second kappa shape index (κ2) is 2.70. The van der Waals surface area contributed by atoms with Crippen molar-refractivity contribution in [3.8, 4) is 0 Å². The molecule has 4 heteroatoms. The molecule has 1 aromatic rings. The van der Waals surface area contributed by atoms with Crippen molar-refractivity contribution in [2.45, 2.75) is 19.3 Å². The minimum absolute atomic E-state index is 0.291. The monoisotopic (exact) mass is 189 g/mol. The van der Waals surface area contributed by atoms with E-state index in [0.717, 1.165) is 42.0 Å². The van der Waals surface area contributed by atoms with Gasteiger partial charge in [-0.2, -0.15) is 0 Å². The van der Waals surface area contributed by atoms with Crippen LogP contribution in [0.15, 0.2) is 11.9 Å². The summed E-state index contributed by atoms with van der Waals surface area (Å²) < 4.78 is 0. The summed E-state index contributed by atoms with van der Waals surface area (Å²) in [5.41, 5.74) is 4.03. The number of rotatable bonds is 0. The van der Waals surface area contributed by atoms with E-state index in [1.165, 1.54) is 0 Å². The maximum absolute atomic E-state index is 11.6. The van der Waals surface area contributed by atoms with Crippen LogP contribution < -0.4 is 5.32 Å². The number of nitrogens with one attached hydrogen (secondary N) is 2. The molecule has 0 fully saturated rings. The Kier molecular flexibility index (Phi) is 1.50. The number of hydrogen-bond donors (Lipinski definition) is 2. The Morgan fingerprint density at radius 1 is 1.29 bits per heavy atom. The second-order valence-corrected chi connectivity index (χ2v) is 3.68. The summed E-state index contributed by atoms with van der Waals surface area (Å²) in [6.45, 7) is 0.746. The summed E-state index contributed by atoms with van der Waals surface area (Å²) in [5.74, 6) is 0.291. The number of carbonyl (C=O) groups excluding carboxylic acids is 1. The van der Waals surface area contributed by atoms with Crippen LogP contribution in [-0.2, 0) is 11.2 Å². The van der Waals surface area contributed by atoms with Crippen molar-refractivity contribution < 1.29 is 4.79 Å². The number of aromatic amines is 1. The van der Waals surface area contributed by atoms with Crippen LogP contribution in [0.25, 0.3) is 5.70 Å². The van der Waals surface area contributed by atoms with E-state index in [4.69, 9.17) is 0 Å². The first kappa shape index (κ1) is 7.79. The van der Waals surface area contributed by atoms with Crippen molar-refractivity contribution >= 4 is 11.5 Å². The standard InChI is InChI=1S/C10H11N3O/c14-8-3-4-11-9-6(8)1-2-7-10(9)13-5-12-7/h5,11H,1-4H2,(H,12,13). The molecule has 4 nitrogen and oxygen atoms in total. The number of allylic oxidation sites excluding steroid dienone is 1. The third-order valence-electron chi connectivity index (χ3n) is 2.87. The van der Waals surface area contributed by atoms with Crippen molar-refractivity contribution in [3.63, 3.8) is 0 Å². The largest absolute Gasteiger partial charge is 0.383 e. The van der Waals surface area contributed by atoms with Crippen LogP contribution in [0.3, 0.4) is 0 Å². The molecule has 0 spiro atoms. The Labute approximate surface area is 81.4 Å². The second-order valence-electron chi connectivity index (χ2n) is 3.68. The van der Waals surface area contributed by atoms with Crippen molar-refractivity contribution in [1.29, 1.82) is 0 Å². The number of Topliss-reactive ketones (excluding diaryl/α,β-unsaturated/α-hetero) is 1. The van der Waals surface area contributed by atoms with Gasteiger partial charge in [0, 0.05) is 18.5 Å². The molecule has 0 bridgehead atoms. The van der Waals surface area contributed by atoms with Crippen molar-refractivity contribution in [2.75, 3.05) is 6.54 Å². The van der Waals surface area contributed by atoms with Crippen LogP contribution in [-0.4, -0.2) is 22.3 Å². The fraction of sp³-hybridized carbons (Fsp3) is 0.400. The van der Waals surface area contributed by atoms with Gasteiger partial charge in [0.05, 0.1) is 23.4 Å². The van der Waals surface area contributed by atoms with E-state index in [9.17, 15) is 4.79 Å². The Morgan fingerprint density at radius 3 is 3.14 bits per heavy atom. The Hall–Kier alpha value is -1.58. The minimum atomic E-state index is 0.291. The molecule has 0 radical (unpaired) electrons. The third kappa shape index (κ3) is 0.937. The smallest absolute Gasteiger partial charge is 0.162 e. The number of nitrogens with zero attached hydrogens (tertiary/aromatic N) is 1. The van der Waals surface area contributed by atoms with Crippen molar-refractivity contribution in [3.05, 3.63) is 23.3 Å². The van der Waals surface area contributed by atoms with Crippen molar-refractivity contribution in [1.82, 2.24) is 15.3 Å². The molecule has 0 unspecified atom stereocenters. The fourth-order valence-corrected chi connectivity index (χ4v) is 2.17. The van der Waals surface area contributed by atoms with Gasteiger partial charge in [-0.15, -0.1) is 0 Å². The lowest BCUT2D eigenvalue weighted by Gasteiger charge is -2.24. The highest BCUT2D eigenvalue weighted by Gasteiger charge is 2.27. The van der Waals surface area contributed by atoms with Crippen LogP contribution in [0.2, 0.25) is 0 Å². The topological polar surface area (TPSA) is 57.8 Å². The predicted molar refractivity (Wildman–Crippen MR) is 51.5 cm³/mol. The quantitative estimate of drug-likeness (QED) is 0.629. The fourth-order valence-electron chi connectivity index (χ4n) is 2.17. The zero-order valence-corrected chi connectivity index (χ0v) is 7.76. The highest BCUT2D eigenvalue weighted by molar-refractivity contribution is 6.04. The lowest BCUT2D eigenvalue weighted by Crippen LogP contribution is -2.29. The molecule has 1 aromatic heterocycles. The maximum atomic E-state index is 11.6. The summed E-state index contributed by atoms with van der Waals surface area (Å²) in [6.07, 6.45) is 4.04. The summed E-state index contributed by atoms with van der Waals surface area (Å²) in [5, 5.41) is 3.28. The number of fused-ring (bicyclic) bond motifs is 2. The van der Waals surface area contributed by atoms with Crippen LogP contribution in [0.1, 0.15) is 24.2 Å². The minimum Gasteiger partial charge on any atom is -0.383 e. The lowest BCUT2D eigenvalue weighted by molar-refractivity contribution is -0.115. The van der Waals surface area contributed by atoms with E-state index in [1.54, 1.807) is 6.33 Å². The molecule has 2 aliphatic rings. The van der Waals surface area contributed by atoms with E-state index in [-0.39, 0.29) is 0 Å². The lowest BCUT2D eigenvalue weighted by atomic mass is 9.90. The highest BCUT2D eigenvalue weighted by atomic mass is 16.1. The molecular weight excluding hydrogens is 178 g/mol. The summed E-state index contributed by atoms with van der Waals surface area (Å²) >= 11 is 0. The van der Waals surface area contributed by atoms with E-state index in [1.807, 2.05) is 0 Å². The van der Waals surface area contributed by atoms with Gasteiger partial charge < -0.3 is 10.3 Å². The molecule has 3 rings (SSSR count). The molecule has 72 valence electrons. The van der Waals surface area contributed by atoms with E-state index < -0.39 is 0 Å². The Bertz CT molecular complexity index is 430. The summed E-state index contributed by atoms with van der Waals surface area (Å²) in [6, 6.07) is 0. The first-order chi connectivity index (χ1) is 6.86. The average Bonchev–Trinajstić information content (AvgIpc) is 2.66. The molecule has 14 heavy (non-hydrogen) atoms. The number of aryl methyl sites for hydroxylation is 1. The molecular formula is C10H11N3O. The number of H-pyrrole nitrogens is 1. The number of carbonyl (C=O) groups is 1. The molecule has 0 aromatic carbocycles. The van der Waals surface area contributed by atoms with Gasteiger partial charge in [-0.05, 0) is 12.8 Å². The van der Waals surface area contributed by atoms with Crippen LogP contribution in [0, 0.1) is 0 Å². The number of hydrogen-bond acceptors (Lipinski definition) is 3. The van der Waals surface area contributed by atoms with Gasteiger partial charge in [-0.1, -0.05) is 0 Å². The third-order valence-corrected chi connectivity index (χ3v) is 2.87. The zero-order valence-electron chi connectivity index (χ0n) is 7.76. The molecule has 2 N–H and O–H groups in total. The van der Waals surface area contributed by atoms with Crippen molar-refractivity contribution in [2.24, 2.45) is 0 Å². The molecule has 0 amide bonds. The highest BCUT2D eigenvalue weighted by Crippen LogP contribution is 2.30. The molecule has 0 saturated carbocycles.